The predicted molar refractivity (Wildman–Crippen MR) is 88.6 cm³/mol. The largest absolute Gasteiger partial charge is 0.493 e. The van der Waals surface area contributed by atoms with Crippen LogP contribution in [0.15, 0.2) is 47.6 Å². The topological polar surface area (TPSA) is 51.2 Å². The van der Waals surface area contributed by atoms with Gasteiger partial charge >= 0.3 is 0 Å². The van der Waals surface area contributed by atoms with Crippen molar-refractivity contribution in [2.45, 2.75) is 17.9 Å². The second-order valence-electron chi connectivity index (χ2n) is 5.32. The highest BCUT2D eigenvalue weighted by molar-refractivity contribution is 7.98. The fraction of sp³-hybridized carbons (Fsp3) is 0.294. The van der Waals surface area contributed by atoms with E-state index < -0.39 is 0 Å². The minimum Gasteiger partial charge on any atom is -0.493 e. The molecule has 1 aliphatic rings. The van der Waals surface area contributed by atoms with Crippen molar-refractivity contribution in [3.63, 3.8) is 0 Å². The third-order valence-electron chi connectivity index (χ3n) is 3.50. The van der Waals surface area contributed by atoms with E-state index in [4.69, 9.17) is 4.74 Å². The molecule has 0 unspecified atom stereocenters. The number of rotatable bonds is 6. The number of ether oxygens (including phenoxy) is 1. The molecule has 2 aromatic rings. The fourth-order valence-electron chi connectivity index (χ4n) is 1.98. The van der Waals surface area contributed by atoms with Gasteiger partial charge < -0.3 is 10.1 Å². The number of nitrogens with one attached hydrogen (secondary N) is 1. The highest BCUT2D eigenvalue weighted by Crippen LogP contribution is 2.29. The minimum atomic E-state index is -0.146. The number of carbonyl (C=O) groups excluding carboxylic acids is 1. The Hall–Kier alpha value is -2.01. The zero-order chi connectivity index (χ0) is 15.4. The molecule has 5 heteroatoms. The number of hydrogen-bond donors (Lipinski definition) is 1. The van der Waals surface area contributed by atoms with Crippen LogP contribution in [0.1, 0.15) is 23.2 Å². The van der Waals surface area contributed by atoms with Gasteiger partial charge in [-0.3, -0.25) is 4.79 Å². The van der Waals surface area contributed by atoms with Gasteiger partial charge in [0.2, 0.25) is 0 Å². The number of benzene rings is 1. The van der Waals surface area contributed by atoms with Crippen molar-refractivity contribution in [2.24, 2.45) is 5.92 Å². The quantitative estimate of drug-likeness (QED) is 0.823. The average molecular weight is 314 g/mol. The molecule has 0 radical (unpaired) electrons. The van der Waals surface area contributed by atoms with Gasteiger partial charge in [-0.1, -0.05) is 0 Å². The van der Waals surface area contributed by atoms with Crippen molar-refractivity contribution in [3.05, 3.63) is 48.2 Å². The molecule has 0 aliphatic heterocycles. The van der Waals surface area contributed by atoms with Crippen LogP contribution < -0.4 is 10.1 Å². The second-order valence-corrected chi connectivity index (χ2v) is 6.15. The molecule has 1 aromatic carbocycles. The smallest absolute Gasteiger partial charge is 0.255 e. The lowest BCUT2D eigenvalue weighted by Crippen LogP contribution is -2.12. The molecule has 3 rings (SSSR count). The molecule has 4 nitrogen and oxygen atoms in total. The van der Waals surface area contributed by atoms with E-state index >= 15 is 0 Å². The third-order valence-corrected chi connectivity index (χ3v) is 4.16. The first kappa shape index (κ1) is 14.9. The summed E-state index contributed by atoms with van der Waals surface area (Å²) in [5.74, 6) is 1.39. The summed E-state index contributed by atoms with van der Waals surface area (Å²) in [4.78, 5) is 16.4. The predicted octanol–water partition coefficient (Wildman–Crippen LogP) is 3.84. The van der Waals surface area contributed by atoms with Crippen LogP contribution >= 0.6 is 11.8 Å². The molecule has 0 saturated heterocycles. The van der Waals surface area contributed by atoms with Gasteiger partial charge in [0.25, 0.3) is 5.91 Å². The van der Waals surface area contributed by atoms with E-state index in [1.807, 2.05) is 30.5 Å². The number of carbonyl (C=O) groups is 1. The molecule has 1 amide bonds. The van der Waals surface area contributed by atoms with Crippen LogP contribution in [0.3, 0.4) is 0 Å². The molecule has 0 bridgehead atoms. The molecule has 0 spiro atoms. The van der Waals surface area contributed by atoms with Crippen LogP contribution in [0.5, 0.6) is 5.75 Å². The minimum absolute atomic E-state index is 0.146. The monoisotopic (exact) mass is 314 g/mol. The van der Waals surface area contributed by atoms with Crippen LogP contribution in [-0.2, 0) is 0 Å². The van der Waals surface area contributed by atoms with Crippen LogP contribution in [0, 0.1) is 5.92 Å². The molecule has 1 aliphatic carbocycles. The first-order chi connectivity index (χ1) is 10.7. The van der Waals surface area contributed by atoms with Crippen molar-refractivity contribution < 1.29 is 9.53 Å². The summed E-state index contributed by atoms with van der Waals surface area (Å²) >= 11 is 1.57. The molecule has 1 aromatic heterocycles. The summed E-state index contributed by atoms with van der Waals surface area (Å²) in [5, 5.41) is 3.76. The van der Waals surface area contributed by atoms with Crippen molar-refractivity contribution in [2.75, 3.05) is 18.2 Å². The molecule has 114 valence electrons. The molecule has 1 heterocycles. The Labute approximate surface area is 134 Å². The van der Waals surface area contributed by atoms with E-state index in [9.17, 15) is 4.79 Å². The fourth-order valence-corrected chi connectivity index (χ4v) is 2.34. The molecule has 0 atom stereocenters. The number of amides is 1. The number of anilines is 1. The lowest BCUT2D eigenvalue weighted by atomic mass is 10.2. The Kier molecular flexibility index (Phi) is 4.63. The van der Waals surface area contributed by atoms with Gasteiger partial charge in [-0.15, -0.1) is 11.8 Å². The van der Waals surface area contributed by atoms with Crippen LogP contribution in [0.4, 0.5) is 5.69 Å². The van der Waals surface area contributed by atoms with Gasteiger partial charge in [-0.25, -0.2) is 4.98 Å². The Morgan fingerprint density at radius 1 is 1.27 bits per heavy atom. The number of pyridine rings is 1. The second kappa shape index (κ2) is 6.83. The van der Waals surface area contributed by atoms with E-state index in [-0.39, 0.29) is 5.91 Å². The zero-order valence-corrected chi connectivity index (χ0v) is 13.2. The van der Waals surface area contributed by atoms with Gasteiger partial charge in [0.05, 0.1) is 23.5 Å². The first-order valence-corrected chi connectivity index (χ1v) is 8.51. The van der Waals surface area contributed by atoms with Gasteiger partial charge in [0, 0.05) is 5.56 Å². The van der Waals surface area contributed by atoms with E-state index in [0.717, 1.165) is 23.3 Å². The number of hydrogen-bond acceptors (Lipinski definition) is 4. The standard InChI is InChI=1S/C17H18N2O2S/c1-22-16-9-6-14(10-18-16)19-17(20)13-4-7-15(8-5-13)21-11-12-2-3-12/h4-10,12H,2-3,11H2,1H3,(H,19,20). The Morgan fingerprint density at radius 3 is 2.64 bits per heavy atom. The summed E-state index contributed by atoms with van der Waals surface area (Å²) in [7, 11) is 0. The zero-order valence-electron chi connectivity index (χ0n) is 12.4. The van der Waals surface area contributed by atoms with Gasteiger partial charge in [0.1, 0.15) is 5.75 Å². The number of aromatic nitrogens is 1. The molecule has 22 heavy (non-hydrogen) atoms. The maximum Gasteiger partial charge on any atom is 0.255 e. The van der Waals surface area contributed by atoms with Crippen LogP contribution in [0.2, 0.25) is 0 Å². The Bertz CT molecular complexity index is 637. The van der Waals surface area contributed by atoms with Crippen LogP contribution in [0.25, 0.3) is 0 Å². The first-order valence-electron chi connectivity index (χ1n) is 7.29. The molecule has 1 saturated carbocycles. The van der Waals surface area contributed by atoms with E-state index in [1.54, 1.807) is 30.1 Å². The number of nitrogens with zero attached hydrogens (tertiary/aromatic N) is 1. The normalized spacial score (nSPS) is 13.7. The van der Waals surface area contributed by atoms with Crippen molar-refractivity contribution in [3.8, 4) is 5.75 Å². The van der Waals surface area contributed by atoms with Gasteiger partial charge in [0.15, 0.2) is 0 Å². The summed E-state index contributed by atoms with van der Waals surface area (Å²) in [6, 6.07) is 11.0. The van der Waals surface area contributed by atoms with Gasteiger partial charge in [-0.2, -0.15) is 0 Å². The highest BCUT2D eigenvalue weighted by atomic mass is 32.2. The summed E-state index contributed by atoms with van der Waals surface area (Å²) in [6.07, 6.45) is 6.16. The van der Waals surface area contributed by atoms with E-state index in [1.165, 1.54) is 12.8 Å². The molecule has 1 fully saturated rings. The summed E-state index contributed by atoms with van der Waals surface area (Å²) in [5.41, 5.74) is 1.30. The molecule has 1 N–H and O–H groups in total. The number of thioether (sulfide) groups is 1. The lowest BCUT2D eigenvalue weighted by Gasteiger charge is -2.07. The SMILES string of the molecule is CSc1ccc(NC(=O)c2ccc(OCC3CC3)cc2)cn1. The van der Waals surface area contributed by atoms with Gasteiger partial charge in [-0.05, 0) is 61.4 Å². The van der Waals surface area contributed by atoms with Crippen LogP contribution in [-0.4, -0.2) is 23.8 Å². The Balaban J connectivity index is 1.58. The maximum atomic E-state index is 12.2. The Morgan fingerprint density at radius 2 is 2.05 bits per heavy atom. The lowest BCUT2D eigenvalue weighted by molar-refractivity contribution is 0.102. The van der Waals surface area contributed by atoms with Crippen molar-refractivity contribution in [1.82, 2.24) is 4.98 Å². The molecular weight excluding hydrogens is 296 g/mol. The summed E-state index contributed by atoms with van der Waals surface area (Å²) < 4.78 is 5.66. The van der Waals surface area contributed by atoms with E-state index in [2.05, 4.69) is 10.3 Å². The summed E-state index contributed by atoms with van der Waals surface area (Å²) in [6.45, 7) is 0.777. The van der Waals surface area contributed by atoms with E-state index in [0.29, 0.717) is 11.3 Å². The highest BCUT2D eigenvalue weighted by Gasteiger charge is 2.21. The maximum absolute atomic E-state index is 12.2. The average Bonchev–Trinajstić information content (AvgIpc) is 3.38. The third kappa shape index (κ3) is 4.01. The van der Waals surface area contributed by atoms with Crippen molar-refractivity contribution in [1.29, 1.82) is 0 Å². The molecular formula is C17H18N2O2S. The van der Waals surface area contributed by atoms with Crippen molar-refractivity contribution >= 4 is 23.4 Å².